The van der Waals surface area contributed by atoms with Gasteiger partial charge in [-0.05, 0) is 55.6 Å². The molecule has 1 saturated heterocycles. The fraction of sp³-hybridized carbons (Fsp3) is 0.421. The van der Waals surface area contributed by atoms with Crippen molar-refractivity contribution in [2.24, 2.45) is 5.92 Å². The quantitative estimate of drug-likeness (QED) is 0.939. The van der Waals surface area contributed by atoms with E-state index in [0.717, 1.165) is 35.8 Å². The summed E-state index contributed by atoms with van der Waals surface area (Å²) >= 11 is 0. The number of carbonyl (C=O) groups is 1. The topological polar surface area (TPSA) is 32.3 Å². The molecule has 2 aromatic carbocycles. The molecule has 1 heterocycles. The highest BCUT2D eigenvalue weighted by Gasteiger charge is 2.17. The van der Waals surface area contributed by atoms with Gasteiger partial charge in [-0.15, -0.1) is 0 Å². The van der Waals surface area contributed by atoms with E-state index in [0.29, 0.717) is 5.92 Å². The van der Waals surface area contributed by atoms with Crippen molar-refractivity contribution < 1.29 is 4.79 Å². The third-order valence-corrected chi connectivity index (χ3v) is 4.59. The number of amides is 1. The second-order valence-corrected chi connectivity index (χ2v) is 6.34. The summed E-state index contributed by atoms with van der Waals surface area (Å²) < 4.78 is 0. The van der Waals surface area contributed by atoms with Gasteiger partial charge in [0.1, 0.15) is 0 Å². The predicted molar refractivity (Wildman–Crippen MR) is 91.1 cm³/mol. The minimum Gasteiger partial charge on any atom is -0.352 e. The van der Waals surface area contributed by atoms with Gasteiger partial charge in [-0.25, -0.2) is 0 Å². The van der Waals surface area contributed by atoms with E-state index >= 15 is 0 Å². The van der Waals surface area contributed by atoms with Crippen molar-refractivity contribution in [1.82, 2.24) is 10.2 Å². The van der Waals surface area contributed by atoms with Crippen molar-refractivity contribution in [3.05, 3.63) is 48.0 Å². The Hall–Kier alpha value is -1.87. The maximum atomic E-state index is 12.4. The van der Waals surface area contributed by atoms with E-state index in [1.54, 1.807) is 0 Å². The lowest BCUT2D eigenvalue weighted by Gasteiger charge is -2.29. The Bertz CT molecular complexity index is 647. The molecule has 0 aromatic heterocycles. The smallest absolute Gasteiger partial charge is 0.251 e. The van der Waals surface area contributed by atoms with Gasteiger partial charge in [-0.3, -0.25) is 4.79 Å². The van der Waals surface area contributed by atoms with Crippen molar-refractivity contribution in [3.63, 3.8) is 0 Å². The van der Waals surface area contributed by atoms with Crippen LogP contribution in [0.1, 0.15) is 29.6 Å². The maximum Gasteiger partial charge on any atom is 0.251 e. The van der Waals surface area contributed by atoms with E-state index in [1.807, 2.05) is 42.5 Å². The van der Waals surface area contributed by atoms with Gasteiger partial charge in [0.05, 0.1) is 0 Å². The molecule has 0 spiro atoms. The molecule has 1 fully saturated rings. The predicted octanol–water partition coefficient (Wildman–Crippen LogP) is 3.30. The van der Waals surface area contributed by atoms with Gasteiger partial charge >= 0.3 is 0 Å². The number of piperidine rings is 1. The van der Waals surface area contributed by atoms with Crippen LogP contribution in [0.2, 0.25) is 0 Å². The first kappa shape index (κ1) is 15.0. The summed E-state index contributed by atoms with van der Waals surface area (Å²) in [4.78, 5) is 14.8. The zero-order chi connectivity index (χ0) is 15.4. The first-order chi connectivity index (χ1) is 10.7. The van der Waals surface area contributed by atoms with Crippen LogP contribution in [-0.4, -0.2) is 37.5 Å². The number of nitrogens with zero attached hydrogens (tertiary/aromatic N) is 1. The van der Waals surface area contributed by atoms with E-state index in [1.165, 1.54) is 19.4 Å². The summed E-state index contributed by atoms with van der Waals surface area (Å²) in [6.07, 6.45) is 3.63. The first-order valence-corrected chi connectivity index (χ1v) is 8.18. The van der Waals surface area contributed by atoms with E-state index in [-0.39, 0.29) is 5.91 Å². The van der Waals surface area contributed by atoms with Gasteiger partial charge in [0.2, 0.25) is 0 Å². The molecule has 3 nitrogen and oxygen atoms in total. The molecule has 22 heavy (non-hydrogen) atoms. The lowest BCUT2D eigenvalue weighted by Crippen LogP contribution is -2.34. The number of hydrogen-bond donors (Lipinski definition) is 1. The minimum absolute atomic E-state index is 0.0426. The van der Waals surface area contributed by atoms with E-state index in [2.05, 4.69) is 17.3 Å². The van der Waals surface area contributed by atoms with Crippen molar-refractivity contribution >= 4 is 16.7 Å². The molecule has 1 aliphatic rings. The molecule has 1 aliphatic heterocycles. The molecular weight excluding hydrogens is 272 g/mol. The number of hydrogen-bond acceptors (Lipinski definition) is 2. The number of nitrogens with one attached hydrogen (secondary N) is 1. The highest BCUT2D eigenvalue weighted by molar-refractivity contribution is 6.06. The molecule has 0 unspecified atom stereocenters. The van der Waals surface area contributed by atoms with Crippen molar-refractivity contribution in [3.8, 4) is 0 Å². The van der Waals surface area contributed by atoms with Gasteiger partial charge in [-0.2, -0.15) is 0 Å². The highest BCUT2D eigenvalue weighted by atomic mass is 16.1. The average molecular weight is 296 g/mol. The van der Waals surface area contributed by atoms with Crippen LogP contribution in [0, 0.1) is 5.92 Å². The van der Waals surface area contributed by atoms with Crippen molar-refractivity contribution in [1.29, 1.82) is 0 Å². The SMILES string of the molecule is CN1CCC[C@@H](CCNC(=O)c2cccc3ccccc23)C1. The molecule has 3 rings (SSSR count). The fourth-order valence-electron chi connectivity index (χ4n) is 3.42. The molecule has 116 valence electrons. The van der Waals surface area contributed by atoms with Crippen LogP contribution in [0.25, 0.3) is 10.8 Å². The molecule has 0 saturated carbocycles. The zero-order valence-electron chi connectivity index (χ0n) is 13.2. The minimum atomic E-state index is 0.0426. The van der Waals surface area contributed by atoms with Gasteiger partial charge < -0.3 is 10.2 Å². The Labute approximate surface area is 132 Å². The number of rotatable bonds is 4. The van der Waals surface area contributed by atoms with Crippen LogP contribution in [0.15, 0.2) is 42.5 Å². The van der Waals surface area contributed by atoms with Crippen molar-refractivity contribution in [2.45, 2.75) is 19.3 Å². The molecule has 0 radical (unpaired) electrons. The summed E-state index contributed by atoms with van der Waals surface area (Å²) in [5.74, 6) is 0.757. The molecule has 1 atom stereocenters. The molecule has 1 N–H and O–H groups in total. The first-order valence-electron chi connectivity index (χ1n) is 8.18. The normalized spacial score (nSPS) is 19.2. The summed E-state index contributed by atoms with van der Waals surface area (Å²) in [6.45, 7) is 3.13. The Balaban J connectivity index is 1.59. The van der Waals surface area contributed by atoms with Crippen LogP contribution in [0.4, 0.5) is 0 Å². The number of fused-ring (bicyclic) bond motifs is 1. The van der Waals surface area contributed by atoms with E-state index in [9.17, 15) is 4.79 Å². The summed E-state index contributed by atoms with van der Waals surface area (Å²) in [5.41, 5.74) is 0.777. The van der Waals surface area contributed by atoms with Gasteiger partial charge in [0.15, 0.2) is 0 Å². The monoisotopic (exact) mass is 296 g/mol. The largest absolute Gasteiger partial charge is 0.352 e. The van der Waals surface area contributed by atoms with Crippen LogP contribution in [-0.2, 0) is 0 Å². The second-order valence-electron chi connectivity index (χ2n) is 6.34. The lowest BCUT2D eigenvalue weighted by atomic mass is 9.95. The van der Waals surface area contributed by atoms with Gasteiger partial charge in [0.25, 0.3) is 5.91 Å². The molecule has 3 heteroatoms. The molecule has 0 bridgehead atoms. The Morgan fingerprint density at radius 1 is 1.23 bits per heavy atom. The maximum absolute atomic E-state index is 12.4. The van der Waals surface area contributed by atoms with Crippen LogP contribution < -0.4 is 5.32 Å². The summed E-state index contributed by atoms with van der Waals surface area (Å²) in [6, 6.07) is 14.0. The standard InChI is InChI=1S/C19H24N2O/c1-21-13-5-6-15(14-21)11-12-20-19(22)18-10-4-8-16-7-2-3-9-17(16)18/h2-4,7-10,15H,5-6,11-14H2,1H3,(H,20,22)/t15-/m0/s1. The molecule has 2 aromatic rings. The summed E-state index contributed by atoms with van der Waals surface area (Å²) in [7, 11) is 2.18. The zero-order valence-corrected chi connectivity index (χ0v) is 13.2. The van der Waals surface area contributed by atoms with Gasteiger partial charge in [-0.1, -0.05) is 36.4 Å². The number of benzene rings is 2. The average Bonchev–Trinajstić information content (AvgIpc) is 2.54. The molecular formula is C19H24N2O. The van der Waals surface area contributed by atoms with Crippen LogP contribution >= 0.6 is 0 Å². The Kier molecular flexibility index (Phi) is 4.74. The lowest BCUT2D eigenvalue weighted by molar-refractivity contribution is 0.0950. The Morgan fingerprint density at radius 3 is 2.91 bits per heavy atom. The number of likely N-dealkylation sites (tertiary alicyclic amines) is 1. The van der Waals surface area contributed by atoms with Crippen LogP contribution in [0.5, 0.6) is 0 Å². The second kappa shape index (κ2) is 6.93. The van der Waals surface area contributed by atoms with E-state index in [4.69, 9.17) is 0 Å². The summed E-state index contributed by atoms with van der Waals surface area (Å²) in [5, 5.41) is 5.24. The Morgan fingerprint density at radius 2 is 2.05 bits per heavy atom. The molecule has 0 aliphatic carbocycles. The van der Waals surface area contributed by atoms with Gasteiger partial charge in [0, 0.05) is 18.7 Å². The van der Waals surface area contributed by atoms with E-state index < -0.39 is 0 Å². The number of carbonyl (C=O) groups excluding carboxylic acids is 1. The van der Waals surface area contributed by atoms with Crippen molar-refractivity contribution in [2.75, 3.05) is 26.7 Å². The highest BCUT2D eigenvalue weighted by Crippen LogP contribution is 2.19. The van der Waals surface area contributed by atoms with Crippen LogP contribution in [0.3, 0.4) is 0 Å². The fourth-order valence-corrected chi connectivity index (χ4v) is 3.42. The third kappa shape index (κ3) is 3.47. The molecule has 1 amide bonds. The third-order valence-electron chi connectivity index (χ3n) is 4.59.